The molecule has 8 heteroatoms. The molecule has 1 fully saturated rings. The number of pyridine rings is 2. The summed E-state index contributed by atoms with van der Waals surface area (Å²) < 4.78 is 0. The van der Waals surface area contributed by atoms with Crippen LogP contribution in [0.5, 0.6) is 0 Å². The van der Waals surface area contributed by atoms with Crippen LogP contribution in [0, 0.1) is 0 Å². The fourth-order valence-corrected chi connectivity index (χ4v) is 4.89. The van der Waals surface area contributed by atoms with Crippen LogP contribution in [0.4, 0.5) is 11.6 Å². The minimum absolute atomic E-state index is 0.0364. The first-order valence-electron chi connectivity index (χ1n) is 13.6. The lowest BCUT2D eigenvalue weighted by molar-refractivity contribution is 0.0992. The van der Waals surface area contributed by atoms with Crippen molar-refractivity contribution in [3.05, 3.63) is 72.4 Å². The van der Waals surface area contributed by atoms with Gasteiger partial charge in [0.2, 0.25) is 0 Å². The van der Waals surface area contributed by atoms with Gasteiger partial charge in [-0.1, -0.05) is 12.1 Å². The number of Topliss-reactive ketones (excluding diaryl/α,β-unsaturated/α-hetero) is 1. The van der Waals surface area contributed by atoms with E-state index in [2.05, 4.69) is 70.8 Å². The maximum absolute atomic E-state index is 13.2. The van der Waals surface area contributed by atoms with Crippen LogP contribution < -0.4 is 10.2 Å². The van der Waals surface area contributed by atoms with Crippen LogP contribution in [-0.2, 0) is 6.42 Å². The lowest BCUT2D eigenvalue weighted by Gasteiger charge is -2.37. The second kappa shape index (κ2) is 11.1. The van der Waals surface area contributed by atoms with E-state index >= 15 is 0 Å². The van der Waals surface area contributed by atoms with E-state index in [0.717, 1.165) is 65.5 Å². The Labute approximate surface area is 230 Å². The minimum atomic E-state index is -0.109. The molecule has 202 valence electrons. The molecule has 4 aromatic rings. The van der Waals surface area contributed by atoms with Gasteiger partial charge in [0.1, 0.15) is 11.6 Å². The zero-order chi connectivity index (χ0) is 27.6. The van der Waals surface area contributed by atoms with Gasteiger partial charge in [0.05, 0.1) is 24.5 Å². The van der Waals surface area contributed by atoms with Gasteiger partial charge < -0.3 is 10.2 Å². The molecule has 4 heterocycles. The molecule has 5 rings (SSSR count). The Morgan fingerprint density at radius 1 is 0.949 bits per heavy atom. The standard InChI is InChI=1S/C31H37N7O/c1-21(2)37-10-12-38(13-11-37)30-16-23(8-9-33-30)28(39)17-26-15-25-14-22(6-7-24(25)18-34-26)27-19-32-20-29(35-27)36-31(3,4)5/h6-9,14-16,18-21H,10-13,17H2,1-5H3,(H,35,36). The maximum Gasteiger partial charge on any atom is 0.169 e. The lowest BCUT2D eigenvalue weighted by atomic mass is 10.0. The van der Waals surface area contributed by atoms with Crippen molar-refractivity contribution in [3.8, 4) is 11.3 Å². The topological polar surface area (TPSA) is 87.1 Å². The molecule has 0 spiro atoms. The highest BCUT2D eigenvalue weighted by molar-refractivity contribution is 5.98. The Balaban J connectivity index is 1.32. The van der Waals surface area contributed by atoms with Crippen LogP contribution >= 0.6 is 0 Å². The molecule has 1 N–H and O–H groups in total. The highest BCUT2D eigenvalue weighted by atomic mass is 16.1. The molecular formula is C31H37N7O. The van der Waals surface area contributed by atoms with Gasteiger partial charge in [0.15, 0.2) is 5.78 Å². The minimum Gasteiger partial charge on any atom is -0.364 e. The quantitative estimate of drug-likeness (QED) is 0.329. The summed E-state index contributed by atoms with van der Waals surface area (Å²) in [6.07, 6.45) is 7.30. The van der Waals surface area contributed by atoms with Crippen molar-refractivity contribution >= 4 is 28.2 Å². The van der Waals surface area contributed by atoms with Crippen molar-refractivity contribution in [3.63, 3.8) is 0 Å². The van der Waals surface area contributed by atoms with Crippen molar-refractivity contribution in [2.24, 2.45) is 0 Å². The number of aromatic nitrogens is 4. The van der Waals surface area contributed by atoms with Crippen LogP contribution in [-0.4, -0.2) is 68.4 Å². The third-order valence-corrected chi connectivity index (χ3v) is 6.99. The molecule has 1 aromatic carbocycles. The highest BCUT2D eigenvalue weighted by Gasteiger charge is 2.21. The summed E-state index contributed by atoms with van der Waals surface area (Å²) in [5.74, 6) is 1.64. The second-order valence-corrected chi connectivity index (χ2v) is 11.5. The van der Waals surface area contributed by atoms with E-state index < -0.39 is 0 Å². The zero-order valence-corrected chi connectivity index (χ0v) is 23.5. The number of carbonyl (C=O) groups is 1. The molecule has 0 atom stereocenters. The van der Waals surface area contributed by atoms with Gasteiger partial charge in [0.25, 0.3) is 0 Å². The van der Waals surface area contributed by atoms with Crippen LogP contribution in [0.3, 0.4) is 0 Å². The smallest absolute Gasteiger partial charge is 0.169 e. The number of nitrogens with zero attached hydrogens (tertiary/aromatic N) is 6. The first kappa shape index (κ1) is 26.7. The Morgan fingerprint density at radius 2 is 1.74 bits per heavy atom. The summed E-state index contributed by atoms with van der Waals surface area (Å²) in [6.45, 7) is 14.6. The molecule has 0 radical (unpaired) electrons. The number of rotatable bonds is 7. The van der Waals surface area contributed by atoms with Crippen molar-refractivity contribution in [2.75, 3.05) is 36.4 Å². The molecule has 1 aliphatic heterocycles. The zero-order valence-electron chi connectivity index (χ0n) is 23.5. The molecule has 8 nitrogen and oxygen atoms in total. The van der Waals surface area contributed by atoms with E-state index in [4.69, 9.17) is 4.98 Å². The maximum atomic E-state index is 13.2. The number of carbonyl (C=O) groups excluding carboxylic acids is 1. The highest BCUT2D eigenvalue weighted by Crippen LogP contribution is 2.25. The van der Waals surface area contributed by atoms with Crippen LogP contribution in [0.25, 0.3) is 22.0 Å². The average molecular weight is 524 g/mol. The van der Waals surface area contributed by atoms with Gasteiger partial charge in [-0.3, -0.25) is 19.7 Å². The first-order chi connectivity index (χ1) is 18.6. The molecule has 0 unspecified atom stereocenters. The van der Waals surface area contributed by atoms with Crippen LogP contribution in [0.2, 0.25) is 0 Å². The summed E-state index contributed by atoms with van der Waals surface area (Å²) in [5, 5.41) is 5.40. The van der Waals surface area contributed by atoms with Crippen molar-refractivity contribution in [1.82, 2.24) is 24.8 Å². The van der Waals surface area contributed by atoms with Gasteiger partial charge in [-0.2, -0.15) is 0 Å². The molecule has 0 saturated carbocycles. The molecule has 39 heavy (non-hydrogen) atoms. The third kappa shape index (κ3) is 6.57. The normalized spacial score (nSPS) is 14.7. The SMILES string of the molecule is CC(C)N1CCN(c2cc(C(=O)Cc3cc4cc(-c5cncc(NC(C)(C)C)n5)ccc4cn3)ccn2)CC1. The molecule has 0 bridgehead atoms. The Kier molecular flexibility index (Phi) is 7.57. The summed E-state index contributed by atoms with van der Waals surface area (Å²) in [7, 11) is 0. The van der Waals surface area contributed by atoms with Gasteiger partial charge in [-0.25, -0.2) is 9.97 Å². The second-order valence-electron chi connectivity index (χ2n) is 11.5. The number of benzene rings is 1. The molecule has 0 amide bonds. The van der Waals surface area contributed by atoms with E-state index in [1.54, 1.807) is 24.7 Å². The predicted molar refractivity (Wildman–Crippen MR) is 157 cm³/mol. The van der Waals surface area contributed by atoms with Gasteiger partial charge in [-0.05, 0) is 64.3 Å². The average Bonchev–Trinajstić information content (AvgIpc) is 2.92. The largest absolute Gasteiger partial charge is 0.364 e. The summed E-state index contributed by atoms with van der Waals surface area (Å²) in [6, 6.07) is 12.4. The summed E-state index contributed by atoms with van der Waals surface area (Å²) in [4.78, 5) is 36.2. The van der Waals surface area contributed by atoms with E-state index in [-0.39, 0.29) is 17.7 Å². The number of piperazine rings is 1. The van der Waals surface area contributed by atoms with Crippen molar-refractivity contribution in [2.45, 2.75) is 52.6 Å². The number of fused-ring (bicyclic) bond motifs is 1. The van der Waals surface area contributed by atoms with Gasteiger partial charge >= 0.3 is 0 Å². The monoisotopic (exact) mass is 523 g/mol. The number of nitrogens with one attached hydrogen (secondary N) is 1. The van der Waals surface area contributed by atoms with Crippen LogP contribution in [0.1, 0.15) is 50.7 Å². The van der Waals surface area contributed by atoms with Crippen molar-refractivity contribution in [1.29, 1.82) is 0 Å². The van der Waals surface area contributed by atoms with E-state index in [1.165, 1.54) is 0 Å². The summed E-state index contributed by atoms with van der Waals surface area (Å²) >= 11 is 0. The lowest BCUT2D eigenvalue weighted by Crippen LogP contribution is -2.49. The first-order valence-corrected chi connectivity index (χ1v) is 13.6. The fourth-order valence-electron chi connectivity index (χ4n) is 4.89. The molecular weight excluding hydrogens is 486 g/mol. The van der Waals surface area contributed by atoms with E-state index in [0.29, 0.717) is 11.6 Å². The summed E-state index contributed by atoms with van der Waals surface area (Å²) in [5.41, 5.74) is 3.05. The van der Waals surface area contributed by atoms with E-state index in [1.807, 2.05) is 30.5 Å². The van der Waals surface area contributed by atoms with Gasteiger partial charge in [0, 0.05) is 72.4 Å². The Morgan fingerprint density at radius 3 is 2.49 bits per heavy atom. The third-order valence-electron chi connectivity index (χ3n) is 6.99. The number of hydrogen-bond donors (Lipinski definition) is 1. The number of hydrogen-bond acceptors (Lipinski definition) is 8. The predicted octanol–water partition coefficient (Wildman–Crippen LogP) is 5.25. The van der Waals surface area contributed by atoms with Gasteiger partial charge in [-0.15, -0.1) is 0 Å². The molecule has 1 aliphatic rings. The number of ketones is 1. The number of anilines is 2. The molecule has 1 saturated heterocycles. The molecule has 0 aliphatic carbocycles. The molecule has 3 aromatic heterocycles. The fraction of sp³-hybridized carbons (Fsp3) is 0.387. The Hall–Kier alpha value is -3.91. The Bertz CT molecular complexity index is 1470. The van der Waals surface area contributed by atoms with Crippen LogP contribution in [0.15, 0.2) is 61.2 Å². The van der Waals surface area contributed by atoms with E-state index in [9.17, 15) is 4.79 Å². The van der Waals surface area contributed by atoms with Crippen molar-refractivity contribution < 1.29 is 4.79 Å².